The smallest absolute Gasteiger partial charge is 0.334 e. The van der Waals surface area contributed by atoms with Crippen LogP contribution in [0.3, 0.4) is 0 Å². The van der Waals surface area contributed by atoms with Gasteiger partial charge in [0, 0.05) is 43.0 Å². The third-order valence-corrected chi connectivity index (χ3v) is 12.3. The summed E-state index contributed by atoms with van der Waals surface area (Å²) in [5, 5.41) is 0.487. The number of rotatable bonds is 5. The van der Waals surface area contributed by atoms with E-state index in [2.05, 4.69) is 4.98 Å². The Bertz CT molecular complexity index is 1960. The molecule has 5 aliphatic rings. The number of thioether (sulfide) groups is 1. The number of hydrogen-bond acceptors (Lipinski definition) is 7. The van der Waals surface area contributed by atoms with Crippen LogP contribution >= 0.6 is 35.0 Å². The van der Waals surface area contributed by atoms with Gasteiger partial charge in [0.05, 0.1) is 23.1 Å². The number of fused-ring (bicyclic) bond motifs is 1. The lowest BCUT2D eigenvalue weighted by Crippen LogP contribution is -2.65. The highest BCUT2D eigenvalue weighted by molar-refractivity contribution is 8.18. The Kier molecular flexibility index (Phi) is 9.12. The lowest BCUT2D eigenvalue weighted by molar-refractivity contribution is -0.193. The number of carbonyl (C=O) groups excluding carboxylic acids is 3. The Morgan fingerprint density at radius 2 is 1.74 bits per heavy atom. The Hall–Kier alpha value is -3.50. The van der Waals surface area contributed by atoms with Crippen molar-refractivity contribution in [2.45, 2.75) is 88.3 Å². The molecule has 4 aliphatic heterocycles. The quantitative estimate of drug-likeness (QED) is 0.236. The molecule has 0 N–H and O–H groups in total. The molecule has 5 heterocycles. The van der Waals surface area contributed by atoms with Crippen molar-refractivity contribution in [3.05, 3.63) is 74.3 Å². The molecule has 284 valence electrons. The molecule has 1 spiro atoms. The van der Waals surface area contributed by atoms with E-state index in [0.29, 0.717) is 22.0 Å². The molecule has 1 saturated carbocycles. The Balaban J connectivity index is 1.24. The fourth-order valence-electron chi connectivity index (χ4n) is 8.00. The van der Waals surface area contributed by atoms with Crippen molar-refractivity contribution >= 4 is 57.9 Å². The first-order chi connectivity index (χ1) is 24.7. The second-order valence-electron chi connectivity index (χ2n) is 14.8. The summed E-state index contributed by atoms with van der Waals surface area (Å²) in [7, 11) is 0. The van der Waals surface area contributed by atoms with E-state index in [4.69, 9.17) is 28.2 Å². The first-order valence-corrected chi connectivity index (χ1v) is 18.5. The van der Waals surface area contributed by atoms with Crippen molar-refractivity contribution in [1.82, 2.24) is 24.6 Å². The van der Waals surface area contributed by atoms with E-state index in [1.807, 2.05) is 20.8 Å². The molecule has 0 unspecified atom stereocenters. The van der Waals surface area contributed by atoms with Gasteiger partial charge in [0.25, 0.3) is 11.8 Å². The molecule has 1 aromatic carbocycles. The Morgan fingerprint density at radius 3 is 2.32 bits per heavy atom. The van der Waals surface area contributed by atoms with Gasteiger partial charge in [-0.3, -0.25) is 14.4 Å². The largest absolute Gasteiger partial charge is 0.471 e. The zero-order valence-electron chi connectivity index (χ0n) is 28.9. The number of benzene rings is 1. The van der Waals surface area contributed by atoms with Crippen LogP contribution in [0.1, 0.15) is 64.1 Å². The number of pyridine rings is 1. The minimum absolute atomic E-state index is 0.0669. The molecule has 53 heavy (non-hydrogen) atoms. The molecule has 2 aromatic rings. The highest BCUT2D eigenvalue weighted by Crippen LogP contribution is 2.57. The Labute approximate surface area is 315 Å². The van der Waals surface area contributed by atoms with Gasteiger partial charge in [-0.15, -0.1) is 0 Å². The molecule has 1 aliphatic carbocycles. The topological polar surface area (TPSA) is 89.4 Å². The summed E-state index contributed by atoms with van der Waals surface area (Å²) in [4.78, 5) is 54.9. The summed E-state index contributed by atoms with van der Waals surface area (Å²) in [5.74, 6) is -8.18. The maximum absolute atomic E-state index is 15.3. The maximum atomic E-state index is 15.3. The van der Waals surface area contributed by atoms with Crippen molar-refractivity contribution in [3.63, 3.8) is 0 Å². The SMILES string of the molecule is CC(C)C1=C(C(=O)N2CC(F)(F)C[C@@H]2C(=O)N2CC3(CC3)N(C(=O)C(F)(F)F)C[C@@H]2C)SC2=N[C@@](C)(c3ccc(Cl)nc3)[C@@H](c3ccc(Cl)c(F)c3)N21. The van der Waals surface area contributed by atoms with E-state index in [0.717, 1.165) is 21.6 Å². The van der Waals surface area contributed by atoms with E-state index in [1.165, 1.54) is 24.0 Å². The van der Waals surface area contributed by atoms with E-state index in [1.54, 1.807) is 29.3 Å². The number of amides is 3. The summed E-state index contributed by atoms with van der Waals surface area (Å²) < 4.78 is 85.9. The maximum Gasteiger partial charge on any atom is 0.471 e. The molecule has 1 aromatic heterocycles. The lowest BCUT2D eigenvalue weighted by atomic mass is 9.81. The lowest BCUT2D eigenvalue weighted by Gasteiger charge is -2.47. The molecule has 0 radical (unpaired) electrons. The molecule has 2 saturated heterocycles. The molecule has 9 nitrogen and oxygen atoms in total. The molecule has 18 heteroatoms. The normalized spacial score (nSPS) is 27.6. The molecule has 7 rings (SSSR count). The van der Waals surface area contributed by atoms with Crippen LogP contribution in [-0.4, -0.2) is 96.8 Å². The second kappa shape index (κ2) is 12.8. The number of aromatic nitrogens is 1. The number of amidine groups is 1. The zero-order chi connectivity index (χ0) is 38.6. The van der Waals surface area contributed by atoms with E-state index < -0.39 is 90.3 Å². The van der Waals surface area contributed by atoms with Crippen LogP contribution in [0.15, 0.2) is 52.1 Å². The minimum Gasteiger partial charge on any atom is -0.334 e. The van der Waals surface area contributed by atoms with Gasteiger partial charge in [0.15, 0.2) is 5.17 Å². The van der Waals surface area contributed by atoms with Gasteiger partial charge in [-0.25, -0.2) is 23.1 Å². The number of halogens is 8. The first-order valence-electron chi connectivity index (χ1n) is 16.9. The number of alkyl halides is 5. The van der Waals surface area contributed by atoms with E-state index in [9.17, 15) is 27.6 Å². The van der Waals surface area contributed by atoms with Crippen LogP contribution in [0.5, 0.6) is 0 Å². The van der Waals surface area contributed by atoms with Gasteiger partial charge < -0.3 is 19.6 Å². The van der Waals surface area contributed by atoms with Gasteiger partial charge in [-0.1, -0.05) is 49.2 Å². The average Bonchev–Trinajstić information content (AvgIpc) is 3.50. The van der Waals surface area contributed by atoms with E-state index in [-0.39, 0.29) is 34.5 Å². The van der Waals surface area contributed by atoms with Gasteiger partial charge in [0.1, 0.15) is 27.5 Å². The highest BCUT2D eigenvalue weighted by Gasteiger charge is 2.62. The predicted molar refractivity (Wildman–Crippen MR) is 185 cm³/mol. The molecule has 4 atom stereocenters. The summed E-state index contributed by atoms with van der Waals surface area (Å²) in [6.45, 7) is 5.14. The van der Waals surface area contributed by atoms with Gasteiger partial charge >= 0.3 is 12.1 Å². The number of aliphatic imine (C=N–C) groups is 1. The van der Waals surface area contributed by atoms with Crippen LogP contribution in [0, 0.1) is 11.7 Å². The van der Waals surface area contributed by atoms with Gasteiger partial charge in [-0.05, 0) is 68.1 Å². The van der Waals surface area contributed by atoms with Crippen molar-refractivity contribution in [3.8, 4) is 0 Å². The molecule has 3 fully saturated rings. The number of hydrogen-bond donors (Lipinski definition) is 0. The van der Waals surface area contributed by atoms with Crippen LogP contribution in [0.25, 0.3) is 0 Å². The number of carbonyl (C=O) groups is 3. The first kappa shape index (κ1) is 37.8. The average molecular weight is 804 g/mol. The van der Waals surface area contributed by atoms with Crippen LogP contribution in [0.4, 0.5) is 26.3 Å². The second-order valence-corrected chi connectivity index (χ2v) is 16.6. The van der Waals surface area contributed by atoms with Gasteiger partial charge in [-0.2, -0.15) is 13.2 Å². The van der Waals surface area contributed by atoms with Crippen LogP contribution < -0.4 is 0 Å². The molecule has 3 amide bonds. The third kappa shape index (κ3) is 6.35. The third-order valence-electron chi connectivity index (χ3n) is 10.8. The molecular formula is C35H34Cl2F6N6O3S. The van der Waals surface area contributed by atoms with E-state index >= 15 is 13.2 Å². The fraction of sp³-hybridized carbons (Fsp3) is 0.514. The standard InChI is InChI=1S/C35H34Cl2F6N6O3S/c1-17(2)25-26(53-31-45-32(4,20-6-8-24(37)44-13-20)27(49(25)31)19-5-7-21(36)22(38)11-19)29(51)47-16-34(39,40)12-23(47)28(50)46-15-33(9-10-33)48(14-18(46)3)30(52)35(41,42)43/h5-8,11,13,17-18,23,27H,9-10,12,14-16H2,1-4H3/t18-,23+,27+,32-/m0/s1. The van der Waals surface area contributed by atoms with Crippen molar-refractivity contribution in [2.24, 2.45) is 10.9 Å². The summed E-state index contributed by atoms with van der Waals surface area (Å²) >= 11 is 13.1. The van der Waals surface area contributed by atoms with Crippen LogP contribution in [0.2, 0.25) is 10.2 Å². The fourth-order valence-corrected chi connectivity index (χ4v) is 9.59. The zero-order valence-corrected chi connectivity index (χ0v) is 31.2. The predicted octanol–water partition coefficient (Wildman–Crippen LogP) is 7.16. The minimum atomic E-state index is -5.11. The monoisotopic (exact) mass is 802 g/mol. The summed E-state index contributed by atoms with van der Waals surface area (Å²) in [6.07, 6.45) is -4.10. The number of piperazine rings is 1. The molecular weight excluding hydrogens is 769 g/mol. The van der Waals surface area contributed by atoms with Crippen molar-refractivity contribution in [2.75, 3.05) is 19.6 Å². The van der Waals surface area contributed by atoms with Gasteiger partial charge in [0.2, 0.25) is 5.91 Å². The van der Waals surface area contributed by atoms with Crippen molar-refractivity contribution < 1.29 is 40.7 Å². The van der Waals surface area contributed by atoms with Crippen LogP contribution in [-0.2, 0) is 19.9 Å². The highest BCUT2D eigenvalue weighted by atomic mass is 35.5. The summed E-state index contributed by atoms with van der Waals surface area (Å²) in [6, 6.07) is 4.36. The molecule has 0 bridgehead atoms. The summed E-state index contributed by atoms with van der Waals surface area (Å²) in [5.41, 5.74) is -0.827. The number of allylic oxidation sites excluding steroid dienone is 1. The van der Waals surface area contributed by atoms with Crippen molar-refractivity contribution in [1.29, 1.82) is 0 Å². The number of nitrogens with zero attached hydrogens (tertiary/aromatic N) is 6. The Morgan fingerprint density at radius 1 is 1.04 bits per heavy atom. The number of likely N-dealkylation sites (tertiary alicyclic amines) is 1.